The summed E-state index contributed by atoms with van der Waals surface area (Å²) >= 11 is 4.94. The summed E-state index contributed by atoms with van der Waals surface area (Å²) in [5, 5.41) is 3.40. The maximum absolute atomic E-state index is 13.8. The quantitative estimate of drug-likeness (QED) is 0.701. The molecular weight excluding hydrogens is 259 g/mol. The molecule has 0 heterocycles. The molecule has 0 fully saturated rings. The van der Waals surface area contributed by atoms with Crippen molar-refractivity contribution in [2.75, 3.05) is 5.32 Å². The number of halogens is 1. The van der Waals surface area contributed by atoms with E-state index >= 15 is 0 Å². The van der Waals surface area contributed by atoms with Gasteiger partial charge >= 0.3 is 0 Å². The smallest absolute Gasteiger partial charge is 0.135 e. The van der Waals surface area contributed by atoms with Crippen LogP contribution < -0.4 is 11.1 Å². The van der Waals surface area contributed by atoms with Crippen molar-refractivity contribution >= 4 is 22.9 Å². The molecule has 1 aromatic rings. The minimum Gasteiger partial charge on any atom is -0.389 e. The Morgan fingerprint density at radius 3 is 2.63 bits per heavy atom. The number of thiocarbonyl (C=S) groups is 1. The van der Waals surface area contributed by atoms with Crippen LogP contribution in [0.2, 0.25) is 0 Å². The number of unbranched alkanes of at least 4 members (excludes halogenated alkanes) is 1. The van der Waals surface area contributed by atoms with E-state index in [-0.39, 0.29) is 10.8 Å². The Labute approximate surface area is 120 Å². The van der Waals surface area contributed by atoms with Crippen LogP contribution in [0.15, 0.2) is 18.2 Å². The van der Waals surface area contributed by atoms with E-state index in [1.165, 1.54) is 6.07 Å². The molecule has 3 N–H and O–H groups in total. The predicted octanol–water partition coefficient (Wildman–Crippen LogP) is 4.23. The highest BCUT2D eigenvalue weighted by atomic mass is 32.1. The number of rotatable bonds is 8. The third-order valence-electron chi connectivity index (χ3n) is 3.16. The van der Waals surface area contributed by atoms with E-state index in [1.807, 2.05) is 6.07 Å². The average molecular weight is 282 g/mol. The van der Waals surface area contributed by atoms with E-state index in [4.69, 9.17) is 18.0 Å². The van der Waals surface area contributed by atoms with E-state index < -0.39 is 0 Å². The summed E-state index contributed by atoms with van der Waals surface area (Å²) in [5.41, 5.74) is 6.66. The lowest BCUT2D eigenvalue weighted by atomic mass is 10.0. The molecule has 2 nitrogen and oxygen atoms in total. The van der Waals surface area contributed by atoms with Gasteiger partial charge in [-0.1, -0.05) is 51.4 Å². The van der Waals surface area contributed by atoms with Gasteiger partial charge < -0.3 is 11.1 Å². The fraction of sp³-hybridized carbons (Fsp3) is 0.533. The molecule has 1 rings (SSSR count). The van der Waals surface area contributed by atoms with Crippen molar-refractivity contribution < 1.29 is 4.39 Å². The van der Waals surface area contributed by atoms with Crippen LogP contribution in [-0.2, 0) is 0 Å². The number of nitrogens with two attached hydrogens (primary N) is 1. The van der Waals surface area contributed by atoms with Gasteiger partial charge in [-0.15, -0.1) is 0 Å². The largest absolute Gasteiger partial charge is 0.389 e. The zero-order valence-corrected chi connectivity index (χ0v) is 12.5. The van der Waals surface area contributed by atoms with Crippen LogP contribution in [0.1, 0.15) is 51.5 Å². The number of hydrogen-bond acceptors (Lipinski definition) is 2. The molecular formula is C15H23FN2S. The Morgan fingerprint density at radius 2 is 2.05 bits per heavy atom. The number of hydrogen-bond donors (Lipinski definition) is 2. The minimum atomic E-state index is -0.358. The second-order valence-electron chi connectivity index (χ2n) is 4.80. The molecule has 0 radical (unpaired) electrons. The summed E-state index contributed by atoms with van der Waals surface area (Å²) in [7, 11) is 0. The van der Waals surface area contributed by atoms with Crippen molar-refractivity contribution in [2.24, 2.45) is 5.73 Å². The summed E-state index contributed by atoms with van der Waals surface area (Å²) < 4.78 is 13.8. The molecule has 0 aliphatic heterocycles. The molecule has 0 bridgehead atoms. The first-order chi connectivity index (χ1) is 9.10. The highest BCUT2D eigenvalue weighted by Crippen LogP contribution is 2.22. The molecule has 0 saturated carbocycles. The summed E-state index contributed by atoms with van der Waals surface area (Å²) in [5.74, 6) is -0.358. The molecule has 0 amide bonds. The molecule has 0 aliphatic rings. The Hall–Kier alpha value is -1.16. The van der Waals surface area contributed by atoms with Crippen LogP contribution in [0.3, 0.4) is 0 Å². The van der Waals surface area contributed by atoms with E-state index in [0.717, 1.165) is 32.1 Å². The molecule has 1 unspecified atom stereocenters. The Kier molecular flexibility index (Phi) is 6.78. The molecule has 0 aliphatic carbocycles. The van der Waals surface area contributed by atoms with Crippen molar-refractivity contribution in [1.82, 2.24) is 0 Å². The summed E-state index contributed by atoms with van der Waals surface area (Å²) in [4.78, 5) is 0.103. The van der Waals surface area contributed by atoms with Gasteiger partial charge in [-0.25, -0.2) is 4.39 Å². The van der Waals surface area contributed by atoms with Gasteiger partial charge in [0.15, 0.2) is 0 Å². The molecule has 0 aromatic heterocycles. The normalized spacial score (nSPS) is 12.2. The van der Waals surface area contributed by atoms with Crippen LogP contribution >= 0.6 is 12.2 Å². The second-order valence-corrected chi connectivity index (χ2v) is 5.24. The lowest BCUT2D eigenvalue weighted by Gasteiger charge is -2.21. The van der Waals surface area contributed by atoms with E-state index in [0.29, 0.717) is 17.3 Å². The maximum Gasteiger partial charge on any atom is 0.135 e. The molecule has 106 valence electrons. The van der Waals surface area contributed by atoms with Crippen molar-refractivity contribution in [1.29, 1.82) is 0 Å². The van der Waals surface area contributed by atoms with Gasteiger partial charge in [-0.05, 0) is 25.0 Å². The first kappa shape index (κ1) is 15.9. The summed E-state index contributed by atoms with van der Waals surface area (Å²) in [6.45, 7) is 4.33. The lowest BCUT2D eigenvalue weighted by Crippen LogP contribution is -2.23. The van der Waals surface area contributed by atoms with Gasteiger partial charge in [0, 0.05) is 11.7 Å². The van der Waals surface area contributed by atoms with E-state index in [1.54, 1.807) is 6.07 Å². The third-order valence-corrected chi connectivity index (χ3v) is 3.37. The van der Waals surface area contributed by atoms with Gasteiger partial charge in [0.05, 0.1) is 5.56 Å². The number of anilines is 1. The van der Waals surface area contributed by atoms with Crippen molar-refractivity contribution in [2.45, 2.75) is 52.0 Å². The standard InChI is InChI=1S/C15H23FN2S/c1-3-5-8-11(7-4-2)18-13-10-6-9-12(16)14(13)15(17)19/h6,9-11,18H,3-5,7-8H2,1-2H3,(H2,17,19). The number of benzene rings is 1. The van der Waals surface area contributed by atoms with Crippen LogP contribution in [0.4, 0.5) is 10.1 Å². The molecule has 0 spiro atoms. The third kappa shape index (κ3) is 4.78. The molecule has 19 heavy (non-hydrogen) atoms. The Bertz CT molecular complexity index is 421. The second kappa shape index (κ2) is 8.10. The van der Waals surface area contributed by atoms with Crippen LogP contribution in [-0.4, -0.2) is 11.0 Å². The molecule has 1 atom stereocenters. The number of nitrogens with one attached hydrogen (secondary N) is 1. The first-order valence-electron chi connectivity index (χ1n) is 6.95. The zero-order valence-electron chi connectivity index (χ0n) is 11.7. The lowest BCUT2D eigenvalue weighted by molar-refractivity contribution is 0.563. The maximum atomic E-state index is 13.8. The minimum absolute atomic E-state index is 0.103. The predicted molar refractivity (Wildman–Crippen MR) is 84.1 cm³/mol. The van der Waals surface area contributed by atoms with Crippen LogP contribution in [0.25, 0.3) is 0 Å². The van der Waals surface area contributed by atoms with E-state index in [2.05, 4.69) is 19.2 Å². The highest BCUT2D eigenvalue weighted by molar-refractivity contribution is 7.80. The van der Waals surface area contributed by atoms with Crippen LogP contribution in [0, 0.1) is 5.82 Å². The monoisotopic (exact) mass is 282 g/mol. The highest BCUT2D eigenvalue weighted by Gasteiger charge is 2.14. The Balaban J connectivity index is 2.89. The van der Waals surface area contributed by atoms with Gasteiger partial charge in [0.1, 0.15) is 10.8 Å². The van der Waals surface area contributed by atoms with Gasteiger partial charge in [-0.2, -0.15) is 0 Å². The Morgan fingerprint density at radius 1 is 1.32 bits per heavy atom. The zero-order chi connectivity index (χ0) is 14.3. The average Bonchev–Trinajstić information content (AvgIpc) is 2.35. The van der Waals surface area contributed by atoms with Crippen LogP contribution in [0.5, 0.6) is 0 Å². The van der Waals surface area contributed by atoms with Gasteiger partial charge in [0.25, 0.3) is 0 Å². The first-order valence-corrected chi connectivity index (χ1v) is 7.35. The van der Waals surface area contributed by atoms with Crippen molar-refractivity contribution in [3.8, 4) is 0 Å². The molecule has 1 aromatic carbocycles. The van der Waals surface area contributed by atoms with E-state index in [9.17, 15) is 4.39 Å². The SMILES string of the molecule is CCCCC(CCC)Nc1cccc(F)c1C(N)=S. The fourth-order valence-corrected chi connectivity index (χ4v) is 2.41. The van der Waals surface area contributed by atoms with Gasteiger partial charge in [0.2, 0.25) is 0 Å². The summed E-state index contributed by atoms with van der Waals surface area (Å²) in [6, 6.07) is 5.26. The fourth-order valence-electron chi connectivity index (χ4n) is 2.20. The summed E-state index contributed by atoms with van der Waals surface area (Å²) in [6.07, 6.45) is 5.56. The molecule has 4 heteroatoms. The topological polar surface area (TPSA) is 38.0 Å². The molecule has 0 saturated heterocycles. The van der Waals surface area contributed by atoms with Crippen molar-refractivity contribution in [3.05, 3.63) is 29.6 Å². The van der Waals surface area contributed by atoms with Gasteiger partial charge in [-0.3, -0.25) is 0 Å². The van der Waals surface area contributed by atoms with Crippen molar-refractivity contribution in [3.63, 3.8) is 0 Å².